The zero-order chi connectivity index (χ0) is 19.4. The van der Waals surface area contributed by atoms with Gasteiger partial charge in [0, 0.05) is 15.8 Å². The molecule has 0 bridgehead atoms. The predicted octanol–water partition coefficient (Wildman–Crippen LogP) is 5.55. The Morgan fingerprint density at radius 3 is 2.74 bits per heavy atom. The van der Waals surface area contributed by atoms with Crippen LogP contribution >= 0.6 is 35.2 Å². The number of methoxy groups -OCH3 is 1. The molecular formula is C19H17ClN2O3S2. The van der Waals surface area contributed by atoms with Crippen molar-refractivity contribution >= 4 is 67.7 Å². The van der Waals surface area contributed by atoms with E-state index in [0.717, 1.165) is 27.2 Å². The summed E-state index contributed by atoms with van der Waals surface area (Å²) in [4.78, 5) is 12.2. The van der Waals surface area contributed by atoms with Gasteiger partial charge in [-0.1, -0.05) is 23.7 Å². The van der Waals surface area contributed by atoms with Crippen LogP contribution in [0, 0.1) is 0 Å². The first-order valence-electron chi connectivity index (χ1n) is 8.13. The fraction of sp³-hybridized carbons (Fsp3) is 0.158. The smallest absolute Gasteiger partial charge is 0.349 e. The predicted molar refractivity (Wildman–Crippen MR) is 116 cm³/mol. The number of nitrogens with one attached hydrogen (secondary N) is 2. The number of hydrogen-bond donors (Lipinski definition) is 2. The van der Waals surface area contributed by atoms with E-state index < -0.39 is 5.97 Å². The van der Waals surface area contributed by atoms with Gasteiger partial charge in [0.25, 0.3) is 0 Å². The zero-order valence-corrected chi connectivity index (χ0v) is 17.1. The maximum absolute atomic E-state index is 11.8. The van der Waals surface area contributed by atoms with Gasteiger partial charge in [-0.25, -0.2) is 4.79 Å². The molecule has 0 amide bonds. The van der Waals surface area contributed by atoms with Crippen LogP contribution in [0.2, 0.25) is 5.02 Å². The molecule has 3 aromatic rings. The fourth-order valence-electron chi connectivity index (χ4n) is 2.50. The average Bonchev–Trinajstić information content (AvgIpc) is 2.99. The Labute approximate surface area is 171 Å². The second-order valence-electron chi connectivity index (χ2n) is 5.46. The highest BCUT2D eigenvalue weighted by Gasteiger charge is 2.17. The first kappa shape index (κ1) is 19.4. The molecule has 0 atom stereocenters. The third-order valence-electron chi connectivity index (χ3n) is 3.69. The van der Waals surface area contributed by atoms with Gasteiger partial charge in [-0.05, 0) is 49.5 Å². The fourth-order valence-corrected chi connectivity index (χ4v) is 4.20. The molecule has 1 aromatic heterocycles. The van der Waals surface area contributed by atoms with Crippen molar-refractivity contribution in [3.05, 3.63) is 52.4 Å². The van der Waals surface area contributed by atoms with E-state index in [4.69, 9.17) is 33.3 Å². The van der Waals surface area contributed by atoms with Gasteiger partial charge in [-0.15, -0.1) is 11.3 Å². The third-order valence-corrected chi connectivity index (χ3v) is 5.53. The van der Waals surface area contributed by atoms with Gasteiger partial charge in [-0.2, -0.15) is 0 Å². The molecule has 0 unspecified atom stereocenters. The summed E-state index contributed by atoms with van der Waals surface area (Å²) in [7, 11) is 1.33. The number of carbonyl (C=O) groups excluding carboxylic acids is 1. The molecule has 1 heterocycles. The third kappa shape index (κ3) is 4.32. The van der Waals surface area contributed by atoms with Crippen LogP contribution < -0.4 is 15.4 Å². The maximum Gasteiger partial charge on any atom is 0.349 e. The number of benzene rings is 2. The Balaban J connectivity index is 1.78. The van der Waals surface area contributed by atoms with Crippen molar-refractivity contribution in [2.75, 3.05) is 24.4 Å². The topological polar surface area (TPSA) is 59.6 Å². The summed E-state index contributed by atoms with van der Waals surface area (Å²) in [5, 5.41) is 7.90. The van der Waals surface area contributed by atoms with E-state index in [1.165, 1.54) is 18.4 Å². The molecule has 0 radical (unpaired) electrons. The van der Waals surface area contributed by atoms with Crippen LogP contribution in [0.3, 0.4) is 0 Å². The normalized spacial score (nSPS) is 10.5. The molecule has 0 aliphatic heterocycles. The highest BCUT2D eigenvalue weighted by molar-refractivity contribution is 7.80. The van der Waals surface area contributed by atoms with E-state index in [-0.39, 0.29) is 0 Å². The van der Waals surface area contributed by atoms with Crippen LogP contribution in [0.15, 0.2) is 42.5 Å². The van der Waals surface area contributed by atoms with Gasteiger partial charge >= 0.3 is 5.97 Å². The molecular weight excluding hydrogens is 404 g/mol. The van der Waals surface area contributed by atoms with Crippen LogP contribution in [0.4, 0.5) is 11.4 Å². The maximum atomic E-state index is 11.8. The van der Waals surface area contributed by atoms with Crippen LogP contribution in [-0.4, -0.2) is 24.8 Å². The highest BCUT2D eigenvalue weighted by Crippen LogP contribution is 2.37. The van der Waals surface area contributed by atoms with Crippen LogP contribution in [0.25, 0.3) is 10.1 Å². The molecule has 0 aliphatic rings. The molecule has 0 saturated carbocycles. The largest absolute Gasteiger partial charge is 0.492 e. The minimum Gasteiger partial charge on any atom is -0.492 e. The van der Waals surface area contributed by atoms with E-state index in [1.807, 2.05) is 49.4 Å². The summed E-state index contributed by atoms with van der Waals surface area (Å²) in [5.41, 5.74) is 1.56. The summed E-state index contributed by atoms with van der Waals surface area (Å²) in [6.07, 6.45) is 0. The molecule has 3 rings (SSSR count). The van der Waals surface area contributed by atoms with Crippen molar-refractivity contribution in [2.24, 2.45) is 0 Å². The molecule has 27 heavy (non-hydrogen) atoms. The van der Waals surface area contributed by atoms with Crippen molar-refractivity contribution in [2.45, 2.75) is 6.92 Å². The number of anilines is 2. The molecule has 8 heteroatoms. The second kappa shape index (κ2) is 8.56. The number of rotatable bonds is 5. The van der Waals surface area contributed by atoms with E-state index in [1.54, 1.807) is 0 Å². The molecule has 2 N–H and O–H groups in total. The van der Waals surface area contributed by atoms with E-state index >= 15 is 0 Å². The standard InChI is InChI=1S/C19H17ClN2O3S2/c1-3-25-14-7-5-4-6-13(14)22-19(26)21-11-8-9-12-15(10-11)27-17(16(12)20)18(23)24-2/h4-10H,3H2,1-2H3,(H2,21,22,26). The Bertz CT molecular complexity index is 1000. The van der Waals surface area contributed by atoms with Gasteiger partial charge in [0.15, 0.2) is 5.11 Å². The van der Waals surface area contributed by atoms with Gasteiger partial charge in [0.2, 0.25) is 0 Å². The number of thiophene rings is 1. The van der Waals surface area contributed by atoms with Gasteiger partial charge in [0.05, 0.1) is 24.4 Å². The van der Waals surface area contributed by atoms with Gasteiger partial charge in [0.1, 0.15) is 10.6 Å². The van der Waals surface area contributed by atoms with Crippen molar-refractivity contribution in [1.82, 2.24) is 0 Å². The summed E-state index contributed by atoms with van der Waals surface area (Å²) in [6, 6.07) is 13.2. The van der Waals surface area contributed by atoms with Gasteiger partial charge < -0.3 is 20.1 Å². The van der Waals surface area contributed by atoms with Crippen molar-refractivity contribution in [3.63, 3.8) is 0 Å². The van der Waals surface area contributed by atoms with E-state index in [9.17, 15) is 4.79 Å². The summed E-state index contributed by atoms with van der Waals surface area (Å²) in [6.45, 7) is 2.49. The van der Waals surface area contributed by atoms with E-state index in [2.05, 4.69) is 10.6 Å². The lowest BCUT2D eigenvalue weighted by Crippen LogP contribution is -2.19. The lowest BCUT2D eigenvalue weighted by molar-refractivity contribution is 0.0606. The van der Waals surface area contributed by atoms with Crippen molar-refractivity contribution in [3.8, 4) is 5.75 Å². The average molecular weight is 421 g/mol. The monoisotopic (exact) mass is 420 g/mol. The Morgan fingerprint density at radius 1 is 1.22 bits per heavy atom. The molecule has 2 aromatic carbocycles. The van der Waals surface area contributed by atoms with Crippen LogP contribution in [0.1, 0.15) is 16.6 Å². The number of carbonyl (C=O) groups is 1. The highest BCUT2D eigenvalue weighted by atomic mass is 35.5. The minimum absolute atomic E-state index is 0.387. The van der Waals surface area contributed by atoms with Gasteiger partial charge in [-0.3, -0.25) is 0 Å². The number of thiocarbonyl (C=S) groups is 1. The molecule has 0 saturated heterocycles. The number of hydrogen-bond acceptors (Lipinski definition) is 5. The second-order valence-corrected chi connectivity index (χ2v) is 7.29. The number of halogens is 1. The number of esters is 1. The quantitative estimate of drug-likeness (QED) is 0.417. The summed E-state index contributed by atoms with van der Waals surface area (Å²) in [5.74, 6) is 0.285. The lowest BCUT2D eigenvalue weighted by atomic mass is 10.2. The summed E-state index contributed by atoms with van der Waals surface area (Å²) >= 11 is 13.0. The van der Waals surface area contributed by atoms with Crippen molar-refractivity contribution < 1.29 is 14.3 Å². The number of para-hydroxylation sites is 2. The zero-order valence-electron chi connectivity index (χ0n) is 14.7. The summed E-state index contributed by atoms with van der Waals surface area (Å²) < 4.78 is 11.2. The first-order chi connectivity index (χ1) is 13.0. The molecule has 140 valence electrons. The van der Waals surface area contributed by atoms with Crippen LogP contribution in [0.5, 0.6) is 5.75 Å². The van der Waals surface area contributed by atoms with E-state index in [0.29, 0.717) is 21.6 Å². The molecule has 0 fully saturated rings. The lowest BCUT2D eigenvalue weighted by Gasteiger charge is -2.14. The Morgan fingerprint density at radius 2 is 2.00 bits per heavy atom. The SMILES string of the molecule is CCOc1ccccc1NC(=S)Nc1ccc2c(Cl)c(C(=O)OC)sc2c1. The first-order valence-corrected chi connectivity index (χ1v) is 9.74. The Kier molecular flexibility index (Phi) is 6.15. The number of ether oxygens (including phenoxy) is 2. The molecule has 0 spiro atoms. The minimum atomic E-state index is -0.444. The number of fused-ring (bicyclic) bond motifs is 1. The Hall–Kier alpha value is -2.35. The molecule has 5 nitrogen and oxygen atoms in total. The molecule has 0 aliphatic carbocycles. The van der Waals surface area contributed by atoms with Crippen molar-refractivity contribution in [1.29, 1.82) is 0 Å². The van der Waals surface area contributed by atoms with Crippen LogP contribution in [-0.2, 0) is 4.74 Å².